The third kappa shape index (κ3) is 4.62. The van der Waals surface area contributed by atoms with Crippen molar-refractivity contribution in [1.29, 1.82) is 5.26 Å². The topological polar surface area (TPSA) is 62.1 Å². The second-order valence-electron chi connectivity index (χ2n) is 4.60. The van der Waals surface area contributed by atoms with E-state index in [1.807, 2.05) is 42.5 Å². The van der Waals surface area contributed by atoms with Crippen LogP contribution in [0.5, 0.6) is 0 Å². The van der Waals surface area contributed by atoms with Crippen molar-refractivity contribution in [2.75, 3.05) is 7.11 Å². The normalized spacial score (nSPS) is 10.0. The quantitative estimate of drug-likeness (QED) is 0.655. The standard InChI is InChI=1S/C17H16N2O2S/c1-21-17(20)15-6-2-5-14(10-15)12-19-22-16-7-3-4-13(11-16)8-9-18/h2-7,10-11,19H,8,12H2,1H3. The van der Waals surface area contributed by atoms with Crippen LogP contribution in [-0.4, -0.2) is 13.1 Å². The van der Waals surface area contributed by atoms with Crippen molar-refractivity contribution in [2.24, 2.45) is 0 Å². The third-order valence-electron chi connectivity index (χ3n) is 3.00. The van der Waals surface area contributed by atoms with Crippen LogP contribution in [0.3, 0.4) is 0 Å². The van der Waals surface area contributed by atoms with Gasteiger partial charge in [0.2, 0.25) is 0 Å². The summed E-state index contributed by atoms with van der Waals surface area (Å²) < 4.78 is 7.96. The molecule has 0 spiro atoms. The van der Waals surface area contributed by atoms with E-state index in [2.05, 4.69) is 10.8 Å². The molecule has 4 nitrogen and oxygen atoms in total. The van der Waals surface area contributed by atoms with Crippen molar-refractivity contribution in [2.45, 2.75) is 17.9 Å². The predicted molar refractivity (Wildman–Crippen MR) is 86.2 cm³/mol. The zero-order valence-corrected chi connectivity index (χ0v) is 13.0. The summed E-state index contributed by atoms with van der Waals surface area (Å²) in [6.07, 6.45) is 0.412. The van der Waals surface area contributed by atoms with Crippen LogP contribution in [0.4, 0.5) is 0 Å². The summed E-state index contributed by atoms with van der Waals surface area (Å²) >= 11 is 1.50. The number of nitriles is 1. The number of carbonyl (C=O) groups excluding carboxylic acids is 1. The Morgan fingerprint density at radius 1 is 1.23 bits per heavy atom. The van der Waals surface area contributed by atoms with Gasteiger partial charge in [0.15, 0.2) is 0 Å². The monoisotopic (exact) mass is 312 g/mol. The maximum Gasteiger partial charge on any atom is 0.337 e. The Labute approximate surface area is 134 Å². The van der Waals surface area contributed by atoms with Gasteiger partial charge < -0.3 is 4.74 Å². The molecule has 2 aromatic carbocycles. The lowest BCUT2D eigenvalue weighted by atomic mass is 10.1. The first kappa shape index (κ1) is 16.1. The van der Waals surface area contributed by atoms with E-state index in [0.717, 1.165) is 16.0 Å². The molecule has 0 fully saturated rings. The van der Waals surface area contributed by atoms with E-state index in [0.29, 0.717) is 18.5 Å². The first-order valence-corrected chi connectivity index (χ1v) is 7.57. The number of benzene rings is 2. The van der Waals surface area contributed by atoms with Crippen LogP contribution in [0.15, 0.2) is 53.4 Å². The number of nitrogens with zero attached hydrogens (tertiary/aromatic N) is 1. The van der Waals surface area contributed by atoms with Crippen LogP contribution in [0.2, 0.25) is 0 Å². The minimum atomic E-state index is -0.335. The Kier molecular flexibility index (Phi) is 6.01. The van der Waals surface area contributed by atoms with Gasteiger partial charge in [-0.05, 0) is 47.3 Å². The lowest BCUT2D eigenvalue weighted by Crippen LogP contribution is -2.06. The molecule has 1 N–H and O–H groups in total. The summed E-state index contributed by atoms with van der Waals surface area (Å²) in [7, 11) is 1.37. The smallest absolute Gasteiger partial charge is 0.337 e. The molecule has 0 aliphatic rings. The van der Waals surface area contributed by atoms with Crippen molar-refractivity contribution in [3.8, 4) is 6.07 Å². The SMILES string of the molecule is COC(=O)c1cccc(CNSc2cccc(CC#N)c2)c1. The van der Waals surface area contributed by atoms with Crippen LogP contribution in [0, 0.1) is 11.3 Å². The fraction of sp³-hybridized carbons (Fsp3) is 0.176. The van der Waals surface area contributed by atoms with Gasteiger partial charge in [-0.25, -0.2) is 4.79 Å². The second-order valence-corrected chi connectivity index (χ2v) is 5.56. The van der Waals surface area contributed by atoms with E-state index < -0.39 is 0 Å². The van der Waals surface area contributed by atoms with Gasteiger partial charge >= 0.3 is 5.97 Å². The summed E-state index contributed by atoms with van der Waals surface area (Å²) in [5.74, 6) is -0.335. The van der Waals surface area contributed by atoms with E-state index >= 15 is 0 Å². The molecule has 2 aromatic rings. The van der Waals surface area contributed by atoms with Gasteiger partial charge in [-0.3, -0.25) is 4.72 Å². The third-order valence-corrected chi connectivity index (χ3v) is 3.77. The molecular weight excluding hydrogens is 296 g/mol. The zero-order chi connectivity index (χ0) is 15.8. The van der Waals surface area contributed by atoms with Crippen molar-refractivity contribution in [1.82, 2.24) is 4.72 Å². The van der Waals surface area contributed by atoms with E-state index in [1.165, 1.54) is 19.1 Å². The molecule has 0 atom stereocenters. The number of esters is 1. The van der Waals surface area contributed by atoms with Gasteiger partial charge in [-0.1, -0.05) is 24.3 Å². The Morgan fingerprint density at radius 2 is 2.00 bits per heavy atom. The molecule has 22 heavy (non-hydrogen) atoms. The number of nitrogens with one attached hydrogen (secondary N) is 1. The van der Waals surface area contributed by atoms with Crippen LogP contribution in [0.1, 0.15) is 21.5 Å². The molecule has 0 saturated carbocycles. The lowest BCUT2D eigenvalue weighted by molar-refractivity contribution is 0.0600. The van der Waals surface area contributed by atoms with Crippen molar-refractivity contribution in [3.05, 3.63) is 65.2 Å². The van der Waals surface area contributed by atoms with Crippen molar-refractivity contribution in [3.63, 3.8) is 0 Å². The van der Waals surface area contributed by atoms with Gasteiger partial charge in [0.1, 0.15) is 0 Å². The molecule has 0 heterocycles. The van der Waals surface area contributed by atoms with Crippen molar-refractivity contribution < 1.29 is 9.53 Å². The molecule has 0 aliphatic carbocycles. The highest BCUT2D eigenvalue weighted by Crippen LogP contribution is 2.17. The minimum absolute atomic E-state index is 0.335. The predicted octanol–water partition coefficient (Wildman–Crippen LogP) is 3.34. The lowest BCUT2D eigenvalue weighted by Gasteiger charge is -2.07. The zero-order valence-electron chi connectivity index (χ0n) is 12.2. The minimum Gasteiger partial charge on any atom is -0.465 e. The second kappa shape index (κ2) is 8.23. The molecular formula is C17H16N2O2S. The highest BCUT2D eigenvalue weighted by atomic mass is 32.2. The Bertz CT molecular complexity index is 695. The molecule has 0 amide bonds. The fourth-order valence-electron chi connectivity index (χ4n) is 1.94. The highest BCUT2D eigenvalue weighted by molar-refractivity contribution is 7.97. The van der Waals surface area contributed by atoms with Crippen LogP contribution < -0.4 is 4.72 Å². The van der Waals surface area contributed by atoms with Crippen LogP contribution in [-0.2, 0) is 17.7 Å². The molecule has 0 unspecified atom stereocenters. The van der Waals surface area contributed by atoms with Gasteiger partial charge in [0, 0.05) is 11.4 Å². The summed E-state index contributed by atoms with van der Waals surface area (Å²) in [6, 6.07) is 17.3. The molecule has 0 radical (unpaired) electrons. The maximum atomic E-state index is 11.5. The molecule has 0 aromatic heterocycles. The summed E-state index contributed by atoms with van der Waals surface area (Å²) in [6.45, 7) is 0.623. The van der Waals surface area contributed by atoms with Gasteiger partial charge in [-0.15, -0.1) is 0 Å². The molecule has 112 valence electrons. The Balaban J connectivity index is 1.92. The van der Waals surface area contributed by atoms with Gasteiger partial charge in [0.25, 0.3) is 0 Å². The average molecular weight is 312 g/mol. The largest absolute Gasteiger partial charge is 0.465 e. The molecule has 0 bridgehead atoms. The fourth-order valence-corrected chi connectivity index (χ4v) is 2.70. The number of rotatable bonds is 6. The Hall–Kier alpha value is -2.29. The molecule has 2 rings (SSSR count). The maximum absolute atomic E-state index is 11.5. The van der Waals surface area contributed by atoms with E-state index in [-0.39, 0.29) is 5.97 Å². The highest BCUT2D eigenvalue weighted by Gasteiger charge is 2.05. The summed E-state index contributed by atoms with van der Waals surface area (Å²) in [4.78, 5) is 12.5. The van der Waals surface area contributed by atoms with Crippen LogP contribution in [0.25, 0.3) is 0 Å². The molecule has 5 heteroatoms. The summed E-state index contributed by atoms with van der Waals surface area (Å²) in [5, 5.41) is 8.72. The number of methoxy groups -OCH3 is 1. The first-order chi connectivity index (χ1) is 10.7. The van der Waals surface area contributed by atoms with E-state index in [1.54, 1.807) is 6.07 Å². The Morgan fingerprint density at radius 3 is 2.77 bits per heavy atom. The van der Waals surface area contributed by atoms with Gasteiger partial charge in [-0.2, -0.15) is 5.26 Å². The van der Waals surface area contributed by atoms with E-state index in [4.69, 9.17) is 10.00 Å². The number of ether oxygens (including phenoxy) is 1. The number of hydrogen-bond donors (Lipinski definition) is 1. The van der Waals surface area contributed by atoms with Gasteiger partial charge in [0.05, 0.1) is 25.2 Å². The van der Waals surface area contributed by atoms with Crippen LogP contribution >= 0.6 is 11.9 Å². The average Bonchev–Trinajstić information content (AvgIpc) is 2.55. The molecule has 0 saturated heterocycles. The number of hydrogen-bond acceptors (Lipinski definition) is 5. The van der Waals surface area contributed by atoms with Crippen molar-refractivity contribution >= 4 is 17.9 Å². The first-order valence-electron chi connectivity index (χ1n) is 6.76. The van der Waals surface area contributed by atoms with E-state index in [9.17, 15) is 4.79 Å². The molecule has 0 aliphatic heterocycles. The summed E-state index contributed by atoms with van der Waals surface area (Å²) in [5.41, 5.74) is 2.55. The number of carbonyl (C=O) groups is 1.